The van der Waals surface area contributed by atoms with E-state index in [4.69, 9.17) is 10.9 Å². The van der Waals surface area contributed by atoms with Crippen LogP contribution in [0, 0.1) is 5.92 Å². The number of piperidine rings is 1. The summed E-state index contributed by atoms with van der Waals surface area (Å²) in [5.41, 5.74) is 2.69. The van der Waals surface area contributed by atoms with Crippen molar-refractivity contribution < 1.29 is 9.90 Å². The van der Waals surface area contributed by atoms with Gasteiger partial charge in [0.2, 0.25) is 0 Å². The number of carbonyl (C=O) groups is 1. The highest BCUT2D eigenvalue weighted by Crippen LogP contribution is 2.20. The van der Waals surface area contributed by atoms with Crippen LogP contribution in [0.1, 0.15) is 29.8 Å². The second-order valence-corrected chi connectivity index (χ2v) is 4.70. The number of aliphatic hydroxyl groups is 1. The van der Waals surface area contributed by atoms with Gasteiger partial charge in [0.05, 0.1) is 12.4 Å². The zero-order chi connectivity index (χ0) is 13.7. The van der Waals surface area contributed by atoms with Gasteiger partial charge in [0, 0.05) is 19.7 Å². The monoisotopic (exact) mass is 265 g/mol. The summed E-state index contributed by atoms with van der Waals surface area (Å²) < 4.78 is 0. The van der Waals surface area contributed by atoms with Gasteiger partial charge < -0.3 is 15.4 Å². The SMILES string of the molecule is NNc1cnc(C(=O)N2CCCC(CCO)C2)cn1. The number of nitrogens with two attached hydrogens (primary N) is 1. The molecule has 4 N–H and O–H groups in total. The van der Waals surface area contributed by atoms with Crippen LogP contribution in [0.4, 0.5) is 5.82 Å². The summed E-state index contributed by atoms with van der Waals surface area (Å²) >= 11 is 0. The Bertz CT molecular complexity index is 421. The third-order valence-electron chi connectivity index (χ3n) is 3.36. The number of nitrogen functional groups attached to an aromatic ring is 1. The Hall–Kier alpha value is -1.73. The van der Waals surface area contributed by atoms with Gasteiger partial charge in [-0.15, -0.1) is 0 Å². The van der Waals surface area contributed by atoms with E-state index in [1.807, 2.05) is 0 Å². The molecule has 7 heteroatoms. The molecule has 1 amide bonds. The fourth-order valence-corrected chi connectivity index (χ4v) is 2.34. The van der Waals surface area contributed by atoms with Crippen LogP contribution in [-0.2, 0) is 0 Å². The first kappa shape index (κ1) is 13.7. The number of nitrogens with one attached hydrogen (secondary N) is 1. The van der Waals surface area contributed by atoms with Crippen LogP contribution in [0.5, 0.6) is 0 Å². The molecule has 0 bridgehead atoms. The average Bonchev–Trinajstić information content (AvgIpc) is 2.47. The van der Waals surface area contributed by atoms with E-state index in [0.717, 1.165) is 25.8 Å². The molecule has 1 aromatic rings. The Morgan fingerprint density at radius 2 is 2.37 bits per heavy atom. The summed E-state index contributed by atoms with van der Waals surface area (Å²) in [6.45, 7) is 1.58. The lowest BCUT2D eigenvalue weighted by atomic mass is 9.95. The lowest BCUT2D eigenvalue weighted by Crippen LogP contribution is -2.40. The number of hydrogen-bond donors (Lipinski definition) is 3. The van der Waals surface area contributed by atoms with Gasteiger partial charge in [0.1, 0.15) is 5.69 Å². The van der Waals surface area contributed by atoms with Crippen molar-refractivity contribution in [3.63, 3.8) is 0 Å². The molecule has 19 heavy (non-hydrogen) atoms. The van der Waals surface area contributed by atoms with Crippen molar-refractivity contribution in [3.8, 4) is 0 Å². The van der Waals surface area contributed by atoms with E-state index in [9.17, 15) is 4.79 Å². The van der Waals surface area contributed by atoms with E-state index >= 15 is 0 Å². The summed E-state index contributed by atoms with van der Waals surface area (Å²) in [7, 11) is 0. The maximum absolute atomic E-state index is 12.3. The van der Waals surface area contributed by atoms with E-state index in [1.165, 1.54) is 12.4 Å². The smallest absolute Gasteiger partial charge is 0.274 e. The summed E-state index contributed by atoms with van der Waals surface area (Å²) in [6.07, 6.45) is 5.62. The first-order valence-electron chi connectivity index (χ1n) is 6.43. The molecule has 0 radical (unpaired) electrons. The van der Waals surface area contributed by atoms with Gasteiger partial charge in [-0.05, 0) is 25.2 Å². The van der Waals surface area contributed by atoms with Crippen molar-refractivity contribution in [3.05, 3.63) is 18.1 Å². The summed E-state index contributed by atoms with van der Waals surface area (Å²) in [5.74, 6) is 5.89. The molecule has 1 fully saturated rings. The number of aliphatic hydroxyl groups excluding tert-OH is 1. The minimum atomic E-state index is -0.112. The number of anilines is 1. The molecule has 1 unspecified atom stereocenters. The van der Waals surface area contributed by atoms with E-state index in [-0.39, 0.29) is 12.5 Å². The maximum Gasteiger partial charge on any atom is 0.274 e. The summed E-state index contributed by atoms with van der Waals surface area (Å²) in [5, 5.41) is 8.97. The molecule has 104 valence electrons. The number of hydrazine groups is 1. The number of nitrogens with zero attached hydrogens (tertiary/aromatic N) is 3. The van der Waals surface area contributed by atoms with Crippen LogP contribution in [-0.4, -0.2) is 45.6 Å². The van der Waals surface area contributed by atoms with Gasteiger partial charge >= 0.3 is 0 Å². The molecule has 2 heterocycles. The van der Waals surface area contributed by atoms with Crippen molar-refractivity contribution >= 4 is 11.7 Å². The first-order chi connectivity index (χ1) is 9.24. The third kappa shape index (κ3) is 3.39. The van der Waals surface area contributed by atoms with E-state index in [0.29, 0.717) is 24.0 Å². The molecule has 0 spiro atoms. The highest BCUT2D eigenvalue weighted by atomic mass is 16.3. The first-order valence-corrected chi connectivity index (χ1v) is 6.43. The lowest BCUT2D eigenvalue weighted by molar-refractivity contribution is 0.0647. The molecule has 0 aliphatic carbocycles. The van der Waals surface area contributed by atoms with Crippen LogP contribution >= 0.6 is 0 Å². The number of hydrogen-bond acceptors (Lipinski definition) is 6. The van der Waals surface area contributed by atoms with Gasteiger partial charge in [0.25, 0.3) is 5.91 Å². The molecule has 1 aliphatic heterocycles. The number of aromatic nitrogens is 2. The molecule has 0 saturated carbocycles. The van der Waals surface area contributed by atoms with E-state index in [2.05, 4.69) is 15.4 Å². The zero-order valence-electron chi connectivity index (χ0n) is 10.7. The van der Waals surface area contributed by atoms with Gasteiger partial charge in [0.15, 0.2) is 5.82 Å². The molecule has 2 rings (SSSR count). The normalized spacial score (nSPS) is 19.3. The number of likely N-dealkylation sites (tertiary alicyclic amines) is 1. The molecule has 1 atom stereocenters. The Morgan fingerprint density at radius 1 is 1.53 bits per heavy atom. The van der Waals surface area contributed by atoms with Gasteiger partial charge in [-0.1, -0.05) is 0 Å². The minimum Gasteiger partial charge on any atom is -0.396 e. The second-order valence-electron chi connectivity index (χ2n) is 4.70. The van der Waals surface area contributed by atoms with Crippen molar-refractivity contribution in [2.45, 2.75) is 19.3 Å². The molecular formula is C12H19N5O2. The van der Waals surface area contributed by atoms with Crippen LogP contribution in [0.15, 0.2) is 12.4 Å². The quantitative estimate of drug-likeness (QED) is 0.523. The summed E-state index contributed by atoms with van der Waals surface area (Å²) in [6, 6.07) is 0. The fourth-order valence-electron chi connectivity index (χ4n) is 2.34. The number of amides is 1. The third-order valence-corrected chi connectivity index (χ3v) is 3.36. The highest BCUT2D eigenvalue weighted by molar-refractivity contribution is 5.92. The summed E-state index contributed by atoms with van der Waals surface area (Å²) in [4.78, 5) is 22.1. The topological polar surface area (TPSA) is 104 Å². The number of carbonyl (C=O) groups excluding carboxylic acids is 1. The fraction of sp³-hybridized carbons (Fsp3) is 0.583. The zero-order valence-corrected chi connectivity index (χ0v) is 10.7. The van der Waals surface area contributed by atoms with Crippen LogP contribution in [0.2, 0.25) is 0 Å². The van der Waals surface area contributed by atoms with Crippen LogP contribution in [0.3, 0.4) is 0 Å². The molecule has 1 aliphatic rings. The standard InChI is InChI=1S/C12H19N5O2/c13-16-11-7-14-10(6-15-11)12(19)17-4-1-2-9(8-17)3-5-18/h6-7,9,18H,1-5,8,13H2,(H,15,16). The maximum atomic E-state index is 12.3. The van der Waals surface area contributed by atoms with E-state index in [1.54, 1.807) is 4.90 Å². The predicted molar refractivity (Wildman–Crippen MR) is 70.2 cm³/mol. The van der Waals surface area contributed by atoms with Gasteiger partial charge in [-0.3, -0.25) is 4.79 Å². The molecule has 1 aromatic heterocycles. The van der Waals surface area contributed by atoms with Crippen molar-refractivity contribution in [1.29, 1.82) is 0 Å². The Kier molecular flexibility index (Phi) is 4.64. The van der Waals surface area contributed by atoms with Crippen LogP contribution < -0.4 is 11.3 Å². The number of rotatable bonds is 4. The largest absolute Gasteiger partial charge is 0.396 e. The molecule has 0 aromatic carbocycles. The molecule has 7 nitrogen and oxygen atoms in total. The Labute approximate surface area is 111 Å². The van der Waals surface area contributed by atoms with Crippen LogP contribution in [0.25, 0.3) is 0 Å². The highest BCUT2D eigenvalue weighted by Gasteiger charge is 2.24. The van der Waals surface area contributed by atoms with Gasteiger partial charge in [-0.25, -0.2) is 15.8 Å². The minimum absolute atomic E-state index is 0.112. The Balaban J connectivity index is 2.01. The second kappa shape index (κ2) is 6.44. The van der Waals surface area contributed by atoms with Gasteiger partial charge in [-0.2, -0.15) is 0 Å². The van der Waals surface area contributed by atoms with Crippen molar-refractivity contribution in [1.82, 2.24) is 14.9 Å². The van der Waals surface area contributed by atoms with E-state index < -0.39 is 0 Å². The molecular weight excluding hydrogens is 246 g/mol. The van der Waals surface area contributed by atoms with Crippen molar-refractivity contribution in [2.24, 2.45) is 11.8 Å². The molecule has 1 saturated heterocycles. The lowest BCUT2D eigenvalue weighted by Gasteiger charge is -2.32. The average molecular weight is 265 g/mol. The Morgan fingerprint density at radius 3 is 3.00 bits per heavy atom. The predicted octanol–water partition coefficient (Wildman–Crippen LogP) is -0.00320. The van der Waals surface area contributed by atoms with Crippen molar-refractivity contribution in [2.75, 3.05) is 25.1 Å².